The molecule has 12 aromatic rings. The number of nitrogens with zero attached hydrogens (tertiary/aromatic N) is 4. The van der Waals surface area contributed by atoms with Crippen LogP contribution in [-0.4, -0.2) is 6.71 Å². The Morgan fingerprint density at radius 1 is 0.275 bits per heavy atom. The number of rotatable bonds is 12. The fourth-order valence-electron chi connectivity index (χ4n) is 12.9. The molecule has 0 aliphatic carbocycles. The van der Waals surface area contributed by atoms with Crippen LogP contribution in [-0.2, 0) is 5.41 Å². The molecule has 4 nitrogen and oxygen atoms in total. The fourth-order valence-corrected chi connectivity index (χ4v) is 12.9. The Balaban J connectivity index is 1.04. The molecule has 0 aromatic heterocycles. The van der Waals surface area contributed by atoms with Gasteiger partial charge in [0.25, 0.3) is 6.71 Å². The minimum atomic E-state index is -0.593. The first-order valence-corrected chi connectivity index (χ1v) is 27.7. The van der Waals surface area contributed by atoms with E-state index in [4.69, 9.17) is 0 Å². The SMILES string of the molecule is Cc1cc(N(c2ccccc2)c2ccccc2)cc(N2c3cc(C)ccc3B3c4ccccc4N(c4ccc(C(c5ccccc5)(c5ccccc5)c5ccccc5)cc4)c4cc(N(c5ccccc5)c5ccccc5)cc2c43)c1. The number of aryl methyl sites for hydroxylation is 2. The summed E-state index contributed by atoms with van der Waals surface area (Å²) in [5.74, 6) is 0. The molecule has 0 spiro atoms. The van der Waals surface area contributed by atoms with Gasteiger partial charge in [-0.15, -0.1) is 0 Å². The van der Waals surface area contributed by atoms with Gasteiger partial charge in [0.2, 0.25) is 0 Å². The first-order valence-electron chi connectivity index (χ1n) is 27.7. The van der Waals surface area contributed by atoms with Crippen LogP contribution in [0.2, 0.25) is 0 Å². The zero-order valence-corrected chi connectivity index (χ0v) is 44.8. The normalized spacial score (nSPS) is 12.3. The van der Waals surface area contributed by atoms with Gasteiger partial charge in [-0.2, -0.15) is 0 Å². The van der Waals surface area contributed by atoms with Gasteiger partial charge in [0.1, 0.15) is 0 Å². The summed E-state index contributed by atoms with van der Waals surface area (Å²) in [6.07, 6.45) is 0. The predicted octanol–water partition coefficient (Wildman–Crippen LogP) is 17.7. The number of para-hydroxylation sites is 5. The molecule has 2 heterocycles. The van der Waals surface area contributed by atoms with Crippen molar-refractivity contribution in [1.82, 2.24) is 0 Å². The van der Waals surface area contributed by atoms with Crippen LogP contribution in [0.1, 0.15) is 33.4 Å². The number of hydrogen-bond donors (Lipinski definition) is 0. The van der Waals surface area contributed by atoms with E-state index in [1.54, 1.807) is 0 Å². The molecule has 0 bridgehead atoms. The van der Waals surface area contributed by atoms with Gasteiger partial charge in [0, 0.05) is 62.6 Å². The standard InChI is InChI=1S/C75H57BN4/c1-54-42-47-69-71(50-54)80(66-49-55(2)48-65(51-66)77(60-32-16-6-17-33-60)61-34-18-7-19-35-61)73-53-67(78(62-36-20-8-21-37-62)63-38-22-9-23-39-63)52-72-74(73)76(69)68-40-24-25-41-70(68)79(72)64-45-43-59(44-46-64)75(56-26-10-3-11-27-56,57-28-12-4-13-29-57)58-30-14-5-15-31-58/h3-53H,1-2H3. The molecule has 0 saturated carbocycles. The molecule has 0 N–H and O–H groups in total. The van der Waals surface area contributed by atoms with E-state index in [0.717, 1.165) is 68.1 Å². The monoisotopic (exact) mass is 1020 g/mol. The molecule has 380 valence electrons. The highest BCUT2D eigenvalue weighted by atomic mass is 15.2. The Hall–Kier alpha value is -10.1. The molecule has 0 unspecified atom stereocenters. The van der Waals surface area contributed by atoms with Crippen molar-refractivity contribution in [3.8, 4) is 0 Å². The Kier molecular flexibility index (Phi) is 12.3. The second-order valence-electron chi connectivity index (χ2n) is 21.1. The topological polar surface area (TPSA) is 13.0 Å². The van der Waals surface area contributed by atoms with E-state index in [1.165, 1.54) is 49.9 Å². The summed E-state index contributed by atoms with van der Waals surface area (Å²) in [5.41, 5.74) is 23.6. The molecular formula is C75H57BN4. The third-order valence-electron chi connectivity index (χ3n) is 16.2. The van der Waals surface area contributed by atoms with E-state index >= 15 is 0 Å². The van der Waals surface area contributed by atoms with Crippen molar-refractivity contribution in [1.29, 1.82) is 0 Å². The maximum absolute atomic E-state index is 2.56. The van der Waals surface area contributed by atoms with Crippen molar-refractivity contribution in [3.05, 3.63) is 343 Å². The number of fused-ring (bicyclic) bond motifs is 4. The molecule has 0 atom stereocenters. The number of anilines is 12. The molecule has 5 heteroatoms. The lowest BCUT2D eigenvalue weighted by Gasteiger charge is -2.45. The van der Waals surface area contributed by atoms with Gasteiger partial charge in [-0.1, -0.05) is 206 Å². The van der Waals surface area contributed by atoms with Crippen LogP contribution in [0.4, 0.5) is 68.2 Å². The van der Waals surface area contributed by atoms with E-state index < -0.39 is 5.41 Å². The molecule has 2 aliphatic heterocycles. The van der Waals surface area contributed by atoms with Crippen LogP contribution >= 0.6 is 0 Å². The predicted molar refractivity (Wildman–Crippen MR) is 338 cm³/mol. The van der Waals surface area contributed by atoms with Crippen LogP contribution in [0.25, 0.3) is 0 Å². The van der Waals surface area contributed by atoms with Crippen molar-refractivity contribution in [2.45, 2.75) is 19.3 Å². The van der Waals surface area contributed by atoms with Crippen LogP contribution in [0.5, 0.6) is 0 Å². The zero-order valence-electron chi connectivity index (χ0n) is 44.8. The Bertz CT molecular complexity index is 3970. The van der Waals surface area contributed by atoms with E-state index in [9.17, 15) is 0 Å². The molecule has 0 radical (unpaired) electrons. The summed E-state index contributed by atoms with van der Waals surface area (Å²) < 4.78 is 0. The molecule has 14 rings (SSSR count). The maximum Gasteiger partial charge on any atom is 0.252 e. The summed E-state index contributed by atoms with van der Waals surface area (Å²) in [4.78, 5) is 9.89. The molecule has 2 aliphatic rings. The highest BCUT2D eigenvalue weighted by molar-refractivity contribution is 7.00. The van der Waals surface area contributed by atoms with Crippen molar-refractivity contribution < 1.29 is 0 Å². The lowest BCUT2D eigenvalue weighted by atomic mass is 9.33. The maximum atomic E-state index is 2.56. The fraction of sp³-hybridized carbons (Fsp3) is 0.0400. The average Bonchev–Trinajstić information content (AvgIpc) is 3.47. The quantitative estimate of drug-likeness (QED) is 0.0893. The highest BCUT2D eigenvalue weighted by Crippen LogP contribution is 2.51. The molecule has 80 heavy (non-hydrogen) atoms. The Morgan fingerprint density at radius 2 is 0.662 bits per heavy atom. The second kappa shape index (κ2) is 20.4. The van der Waals surface area contributed by atoms with Gasteiger partial charge in [-0.05, 0) is 167 Å². The van der Waals surface area contributed by atoms with E-state index in [2.05, 4.69) is 343 Å². The average molecular weight is 1030 g/mol. The van der Waals surface area contributed by atoms with Crippen molar-refractivity contribution >= 4 is 91.3 Å². The van der Waals surface area contributed by atoms with Gasteiger partial charge in [-0.25, -0.2) is 0 Å². The lowest BCUT2D eigenvalue weighted by molar-refractivity contribution is 0.745. The van der Waals surface area contributed by atoms with Gasteiger partial charge in [0.15, 0.2) is 0 Å². The van der Waals surface area contributed by atoms with E-state index in [-0.39, 0.29) is 6.71 Å². The summed E-state index contributed by atoms with van der Waals surface area (Å²) in [6.45, 7) is 4.39. The zero-order chi connectivity index (χ0) is 53.6. The number of hydrogen-bond acceptors (Lipinski definition) is 4. The lowest BCUT2D eigenvalue weighted by Crippen LogP contribution is -2.61. The highest BCUT2D eigenvalue weighted by Gasteiger charge is 2.45. The van der Waals surface area contributed by atoms with Crippen LogP contribution in [0, 0.1) is 13.8 Å². The van der Waals surface area contributed by atoms with Crippen molar-refractivity contribution in [2.24, 2.45) is 0 Å². The van der Waals surface area contributed by atoms with E-state index in [0.29, 0.717) is 0 Å². The summed E-state index contributed by atoms with van der Waals surface area (Å²) in [5, 5.41) is 0. The second-order valence-corrected chi connectivity index (χ2v) is 21.1. The van der Waals surface area contributed by atoms with Gasteiger partial charge >= 0.3 is 0 Å². The van der Waals surface area contributed by atoms with Crippen LogP contribution in [0.3, 0.4) is 0 Å². The Labute approximate surface area is 470 Å². The minimum absolute atomic E-state index is 0.0640. The smallest absolute Gasteiger partial charge is 0.252 e. The first-order chi connectivity index (χ1) is 39.5. The van der Waals surface area contributed by atoms with Crippen molar-refractivity contribution in [2.75, 3.05) is 19.6 Å². The third kappa shape index (κ3) is 8.25. The molecule has 0 fully saturated rings. The minimum Gasteiger partial charge on any atom is -0.311 e. The summed E-state index contributed by atoms with van der Waals surface area (Å²) in [6, 6.07) is 114. The van der Waals surface area contributed by atoms with E-state index in [1.807, 2.05) is 0 Å². The molecule has 0 saturated heterocycles. The third-order valence-corrected chi connectivity index (χ3v) is 16.2. The van der Waals surface area contributed by atoms with Crippen molar-refractivity contribution in [3.63, 3.8) is 0 Å². The summed E-state index contributed by atoms with van der Waals surface area (Å²) >= 11 is 0. The van der Waals surface area contributed by atoms with Crippen LogP contribution < -0.4 is 36.0 Å². The van der Waals surface area contributed by atoms with Gasteiger partial charge in [-0.3, -0.25) is 0 Å². The van der Waals surface area contributed by atoms with Crippen LogP contribution in [0.15, 0.2) is 309 Å². The molecular weight excluding hydrogens is 968 g/mol. The van der Waals surface area contributed by atoms with Gasteiger partial charge in [0.05, 0.1) is 11.1 Å². The van der Waals surface area contributed by atoms with Gasteiger partial charge < -0.3 is 19.6 Å². The molecule has 0 amide bonds. The summed E-state index contributed by atoms with van der Waals surface area (Å²) in [7, 11) is 0. The Morgan fingerprint density at radius 3 is 1.14 bits per heavy atom. The molecule has 12 aromatic carbocycles. The largest absolute Gasteiger partial charge is 0.311 e. The first kappa shape index (κ1) is 48.3. The number of benzene rings is 12.